The zero-order valence-electron chi connectivity index (χ0n) is 9.88. The van der Waals surface area contributed by atoms with Gasteiger partial charge in [-0.3, -0.25) is 4.67 Å². The van der Waals surface area contributed by atoms with Crippen molar-refractivity contribution in [2.24, 2.45) is 0 Å². The largest absolute Gasteiger partial charge is 0.251 e. The Bertz CT molecular complexity index is 183. The molecule has 1 nitrogen and oxygen atoms in total. The maximum Gasteiger partial charge on any atom is 0.160 e. The van der Waals surface area contributed by atoms with Crippen LogP contribution in [0.2, 0.25) is 0 Å². The van der Waals surface area contributed by atoms with Crippen molar-refractivity contribution < 1.29 is 0 Å². The van der Waals surface area contributed by atoms with Crippen LogP contribution in [0, 0.1) is 0 Å². The van der Waals surface area contributed by atoms with Gasteiger partial charge in [0, 0.05) is 12.1 Å². The van der Waals surface area contributed by atoms with Crippen molar-refractivity contribution in [2.75, 3.05) is 0 Å². The van der Waals surface area contributed by atoms with E-state index in [1.807, 2.05) is 0 Å². The van der Waals surface area contributed by atoms with Crippen molar-refractivity contribution >= 4 is 29.3 Å². The number of hydrogen-bond donors (Lipinski definition) is 0. The van der Waals surface area contributed by atoms with Gasteiger partial charge in [0.05, 0.1) is 0 Å². The summed E-state index contributed by atoms with van der Waals surface area (Å²) in [5.41, 5.74) is 0. The van der Waals surface area contributed by atoms with Crippen LogP contribution >= 0.6 is 29.3 Å². The second kappa shape index (κ2) is 6.78. The van der Waals surface area contributed by atoms with Crippen LogP contribution in [0.1, 0.15) is 64.2 Å². The van der Waals surface area contributed by atoms with E-state index in [4.69, 9.17) is 22.5 Å². The van der Waals surface area contributed by atoms with E-state index < -0.39 is 6.78 Å². The zero-order chi connectivity index (χ0) is 11.4. The summed E-state index contributed by atoms with van der Waals surface area (Å²) in [6.07, 6.45) is 13.5. The Morgan fingerprint density at radius 1 is 0.688 bits per heavy atom. The number of hydrogen-bond acceptors (Lipinski definition) is 1. The Balaban J connectivity index is 1.96. The molecule has 16 heavy (non-hydrogen) atoms. The van der Waals surface area contributed by atoms with Crippen LogP contribution in [-0.2, 0) is 0 Å². The Labute approximate surface area is 110 Å². The minimum atomic E-state index is -0.932. The molecule has 0 aromatic carbocycles. The second-order valence-electron chi connectivity index (χ2n) is 5.18. The summed E-state index contributed by atoms with van der Waals surface area (Å²) in [7, 11) is 0. The van der Waals surface area contributed by atoms with Gasteiger partial charge in [0.15, 0.2) is 6.78 Å². The summed E-state index contributed by atoms with van der Waals surface area (Å²) >= 11 is 12.5. The van der Waals surface area contributed by atoms with Crippen LogP contribution in [-0.4, -0.2) is 16.8 Å². The van der Waals surface area contributed by atoms with Crippen molar-refractivity contribution in [3.8, 4) is 0 Å². The molecule has 0 atom stereocenters. The molecule has 0 saturated heterocycles. The molecule has 2 aliphatic rings. The Hall–Kier alpha value is 0.970. The average molecular weight is 282 g/mol. The molecule has 0 amide bonds. The predicted molar refractivity (Wildman–Crippen MR) is 74.2 cm³/mol. The van der Waals surface area contributed by atoms with Gasteiger partial charge >= 0.3 is 0 Å². The smallest absolute Gasteiger partial charge is 0.160 e. The molecule has 0 unspecified atom stereocenters. The molecule has 2 fully saturated rings. The molecule has 2 aliphatic carbocycles. The first-order valence-electron chi connectivity index (χ1n) is 6.69. The first kappa shape index (κ1) is 13.4. The summed E-state index contributed by atoms with van der Waals surface area (Å²) in [4.78, 5) is 0. The summed E-state index contributed by atoms with van der Waals surface area (Å²) in [6, 6.07) is 1.36. The summed E-state index contributed by atoms with van der Waals surface area (Å²) < 4.78 is 2.48. The third kappa shape index (κ3) is 3.48. The normalized spacial score (nSPS) is 25.5. The molecule has 0 aromatic rings. The van der Waals surface area contributed by atoms with E-state index in [0.29, 0.717) is 12.1 Å². The quantitative estimate of drug-likeness (QED) is 0.604. The number of rotatable bonds is 3. The van der Waals surface area contributed by atoms with Crippen molar-refractivity contribution in [3.05, 3.63) is 0 Å². The lowest BCUT2D eigenvalue weighted by atomic mass is 9.91. The molecule has 4 heteroatoms. The monoisotopic (exact) mass is 281 g/mol. The van der Waals surface area contributed by atoms with E-state index in [0.717, 1.165) is 0 Å². The molecule has 0 bridgehead atoms. The summed E-state index contributed by atoms with van der Waals surface area (Å²) in [6.45, 7) is -0.932. The van der Waals surface area contributed by atoms with E-state index in [9.17, 15) is 0 Å². The van der Waals surface area contributed by atoms with Gasteiger partial charge in [0.1, 0.15) is 0 Å². The van der Waals surface area contributed by atoms with Crippen LogP contribution < -0.4 is 0 Å². The van der Waals surface area contributed by atoms with Crippen LogP contribution in [0.4, 0.5) is 0 Å². The summed E-state index contributed by atoms with van der Waals surface area (Å²) in [5, 5.41) is 0. The third-order valence-electron chi connectivity index (χ3n) is 4.07. The molecule has 2 rings (SSSR count). The highest BCUT2D eigenvalue weighted by Crippen LogP contribution is 2.56. The fourth-order valence-electron chi connectivity index (χ4n) is 3.24. The van der Waals surface area contributed by atoms with E-state index in [1.54, 1.807) is 0 Å². The molecule has 94 valence electrons. The topological polar surface area (TPSA) is 3.24 Å². The lowest BCUT2D eigenvalue weighted by Gasteiger charge is -2.41. The van der Waals surface area contributed by atoms with Crippen molar-refractivity contribution in [3.63, 3.8) is 0 Å². The minimum absolute atomic E-state index is 0.679. The lowest BCUT2D eigenvalue weighted by molar-refractivity contribution is 0.181. The van der Waals surface area contributed by atoms with E-state index in [-0.39, 0.29) is 0 Å². The highest BCUT2D eigenvalue weighted by molar-refractivity contribution is 8.02. The molecule has 0 aromatic heterocycles. The maximum absolute atomic E-state index is 6.27. The molecule has 0 radical (unpaired) electrons. The van der Waals surface area contributed by atoms with E-state index in [2.05, 4.69) is 4.67 Å². The van der Waals surface area contributed by atoms with E-state index >= 15 is 0 Å². The van der Waals surface area contributed by atoms with Crippen molar-refractivity contribution in [1.29, 1.82) is 0 Å². The maximum atomic E-state index is 6.27. The Morgan fingerprint density at radius 2 is 1.06 bits per heavy atom. The molecular weight excluding hydrogens is 260 g/mol. The van der Waals surface area contributed by atoms with Gasteiger partial charge < -0.3 is 0 Å². The summed E-state index contributed by atoms with van der Waals surface area (Å²) in [5.74, 6) is 0. The number of nitrogens with zero attached hydrogens (tertiary/aromatic N) is 1. The fourth-order valence-corrected chi connectivity index (χ4v) is 5.67. The van der Waals surface area contributed by atoms with Gasteiger partial charge in [-0.15, -0.1) is 0 Å². The molecule has 0 aliphatic heterocycles. The van der Waals surface area contributed by atoms with Crippen molar-refractivity contribution in [1.82, 2.24) is 4.67 Å². The first-order chi connectivity index (χ1) is 7.79. The fraction of sp³-hybridized carbons (Fsp3) is 1.00. The first-order valence-corrected chi connectivity index (χ1v) is 9.79. The van der Waals surface area contributed by atoms with Crippen LogP contribution in [0.5, 0.6) is 0 Å². The Kier molecular flexibility index (Phi) is 5.68. The van der Waals surface area contributed by atoms with Gasteiger partial charge in [0.2, 0.25) is 0 Å². The van der Waals surface area contributed by atoms with Gasteiger partial charge in [-0.25, -0.2) is 0 Å². The van der Waals surface area contributed by atoms with Crippen LogP contribution in [0.3, 0.4) is 0 Å². The SMILES string of the molecule is ClP(Cl)N(C1CCCCC1)C1CCCCC1. The standard InChI is InChI=1S/C12H22Cl2NP/c13-16(14)15(11-7-3-1-4-8-11)12-9-5-2-6-10-12/h11-12H,1-10H2. The van der Waals surface area contributed by atoms with Gasteiger partial charge in [0.25, 0.3) is 0 Å². The second-order valence-corrected chi connectivity index (χ2v) is 8.51. The minimum Gasteiger partial charge on any atom is -0.251 e. The lowest BCUT2D eigenvalue weighted by Crippen LogP contribution is -2.40. The highest BCUT2D eigenvalue weighted by Gasteiger charge is 2.32. The highest BCUT2D eigenvalue weighted by atomic mass is 35.9. The molecular formula is C12H22Cl2NP. The zero-order valence-corrected chi connectivity index (χ0v) is 12.3. The molecule has 0 N–H and O–H groups in total. The molecule has 0 heterocycles. The predicted octanol–water partition coefficient (Wildman–Crippen LogP) is 5.66. The van der Waals surface area contributed by atoms with Crippen LogP contribution in [0.25, 0.3) is 0 Å². The van der Waals surface area contributed by atoms with E-state index in [1.165, 1.54) is 64.2 Å². The van der Waals surface area contributed by atoms with Gasteiger partial charge in [-0.05, 0) is 25.7 Å². The van der Waals surface area contributed by atoms with Gasteiger partial charge in [-0.2, -0.15) is 0 Å². The number of halogens is 2. The third-order valence-corrected chi connectivity index (χ3v) is 6.12. The van der Waals surface area contributed by atoms with Crippen molar-refractivity contribution in [2.45, 2.75) is 76.3 Å². The average Bonchev–Trinajstić information content (AvgIpc) is 2.31. The van der Waals surface area contributed by atoms with Crippen LogP contribution in [0.15, 0.2) is 0 Å². The molecule has 0 spiro atoms. The molecule has 2 saturated carbocycles. The van der Waals surface area contributed by atoms with Gasteiger partial charge in [-0.1, -0.05) is 61.0 Å². The Morgan fingerprint density at radius 3 is 1.38 bits per heavy atom.